The Bertz CT molecular complexity index is 627. The Morgan fingerprint density at radius 2 is 2.04 bits per heavy atom. The van der Waals surface area contributed by atoms with Crippen molar-refractivity contribution >= 4 is 28.3 Å². The van der Waals surface area contributed by atoms with Crippen molar-refractivity contribution < 1.29 is 19.1 Å². The van der Waals surface area contributed by atoms with Crippen LogP contribution < -0.4 is 5.73 Å². The monoisotopic (exact) mass is 336 g/mol. The Morgan fingerprint density at radius 3 is 2.65 bits per heavy atom. The smallest absolute Gasteiger partial charge is 0.348 e. The van der Waals surface area contributed by atoms with E-state index in [2.05, 4.69) is 0 Å². The lowest BCUT2D eigenvalue weighted by molar-refractivity contribution is -0.146. The van der Waals surface area contributed by atoms with E-state index in [1.165, 1.54) is 0 Å². The molecular weight excluding hydrogens is 316 g/mol. The van der Waals surface area contributed by atoms with E-state index >= 15 is 0 Å². The van der Waals surface area contributed by atoms with E-state index in [0.717, 1.165) is 37.0 Å². The fourth-order valence-electron chi connectivity index (χ4n) is 2.77. The average Bonchev–Trinajstić information content (AvgIpc) is 3.12. The van der Waals surface area contributed by atoms with E-state index < -0.39 is 5.97 Å². The number of ether oxygens (including phenoxy) is 2. The standard InChI is InChI=1S/C16H20N2O4S/c1-2-21-16(20)14-12(11(8-17)15(18)23-14)9-22-13(19)7-10-5-3-4-6-10/h10H,2-7,9,18H2,1H3. The van der Waals surface area contributed by atoms with Crippen LogP contribution in [-0.4, -0.2) is 18.5 Å². The topological polar surface area (TPSA) is 102 Å². The fraction of sp³-hybridized carbons (Fsp3) is 0.562. The molecule has 0 radical (unpaired) electrons. The summed E-state index contributed by atoms with van der Waals surface area (Å²) in [5, 5.41) is 9.44. The zero-order valence-electron chi connectivity index (χ0n) is 13.1. The molecule has 1 heterocycles. The molecule has 1 fully saturated rings. The van der Waals surface area contributed by atoms with Crippen LogP contribution in [0.3, 0.4) is 0 Å². The molecule has 1 aromatic rings. The third-order valence-electron chi connectivity index (χ3n) is 3.91. The van der Waals surface area contributed by atoms with E-state index in [1.54, 1.807) is 6.92 Å². The summed E-state index contributed by atoms with van der Waals surface area (Å²) in [5.74, 6) is -0.470. The summed E-state index contributed by atoms with van der Waals surface area (Å²) in [4.78, 5) is 24.1. The lowest BCUT2D eigenvalue weighted by Crippen LogP contribution is -2.12. The number of esters is 2. The highest BCUT2D eigenvalue weighted by atomic mass is 32.1. The van der Waals surface area contributed by atoms with Gasteiger partial charge < -0.3 is 15.2 Å². The van der Waals surface area contributed by atoms with Crippen LogP contribution in [0.5, 0.6) is 0 Å². The zero-order chi connectivity index (χ0) is 16.8. The average molecular weight is 336 g/mol. The third kappa shape index (κ3) is 4.23. The molecule has 23 heavy (non-hydrogen) atoms. The van der Waals surface area contributed by atoms with E-state index in [4.69, 9.17) is 15.2 Å². The largest absolute Gasteiger partial charge is 0.462 e. The Morgan fingerprint density at radius 1 is 1.35 bits per heavy atom. The molecule has 0 amide bonds. The van der Waals surface area contributed by atoms with Crippen LogP contribution in [0.4, 0.5) is 5.00 Å². The number of hydrogen-bond donors (Lipinski definition) is 1. The molecule has 1 aromatic heterocycles. The maximum absolute atomic E-state index is 12.0. The predicted molar refractivity (Wildman–Crippen MR) is 85.8 cm³/mol. The number of nitrogens with two attached hydrogens (primary N) is 1. The minimum Gasteiger partial charge on any atom is -0.462 e. The van der Waals surface area contributed by atoms with Crippen molar-refractivity contribution in [3.8, 4) is 6.07 Å². The number of carbonyl (C=O) groups excluding carboxylic acids is 2. The lowest BCUT2D eigenvalue weighted by atomic mass is 10.0. The molecule has 1 aliphatic carbocycles. The van der Waals surface area contributed by atoms with E-state index in [9.17, 15) is 14.9 Å². The Labute approximate surface area is 139 Å². The molecule has 2 rings (SSSR count). The number of nitrogens with zero attached hydrogens (tertiary/aromatic N) is 1. The highest BCUT2D eigenvalue weighted by molar-refractivity contribution is 7.18. The van der Waals surface area contributed by atoms with Gasteiger partial charge in [-0.3, -0.25) is 4.79 Å². The van der Waals surface area contributed by atoms with Gasteiger partial charge in [0.1, 0.15) is 22.6 Å². The van der Waals surface area contributed by atoms with Crippen LogP contribution in [0.2, 0.25) is 0 Å². The van der Waals surface area contributed by atoms with Crippen LogP contribution in [0.1, 0.15) is 59.8 Å². The van der Waals surface area contributed by atoms with Crippen molar-refractivity contribution in [3.63, 3.8) is 0 Å². The Hall–Kier alpha value is -2.07. The van der Waals surface area contributed by atoms with Gasteiger partial charge in [0.25, 0.3) is 0 Å². The summed E-state index contributed by atoms with van der Waals surface area (Å²) in [6.07, 6.45) is 4.81. The first-order valence-corrected chi connectivity index (χ1v) is 8.52. The van der Waals surface area contributed by atoms with Gasteiger partial charge in [-0.15, -0.1) is 11.3 Å². The summed E-state index contributed by atoms with van der Waals surface area (Å²) in [6, 6.07) is 1.96. The number of anilines is 1. The minimum atomic E-state index is -0.549. The first-order valence-electron chi connectivity index (χ1n) is 7.70. The molecule has 1 saturated carbocycles. The molecule has 2 N–H and O–H groups in total. The van der Waals surface area contributed by atoms with Crippen molar-refractivity contribution in [2.75, 3.05) is 12.3 Å². The summed E-state index contributed by atoms with van der Waals surface area (Å²) in [5.41, 5.74) is 6.30. The van der Waals surface area contributed by atoms with Gasteiger partial charge in [0.2, 0.25) is 0 Å². The molecule has 6 nitrogen and oxygen atoms in total. The van der Waals surface area contributed by atoms with Crippen molar-refractivity contribution in [1.82, 2.24) is 0 Å². The van der Waals surface area contributed by atoms with E-state index in [1.807, 2.05) is 6.07 Å². The summed E-state index contributed by atoms with van der Waals surface area (Å²) >= 11 is 0.988. The number of hydrogen-bond acceptors (Lipinski definition) is 7. The number of carbonyl (C=O) groups is 2. The fourth-order valence-corrected chi connectivity index (χ4v) is 3.69. The van der Waals surface area contributed by atoms with Crippen molar-refractivity contribution in [3.05, 3.63) is 16.0 Å². The van der Waals surface area contributed by atoms with Gasteiger partial charge in [-0.1, -0.05) is 12.8 Å². The highest BCUT2D eigenvalue weighted by Gasteiger charge is 2.25. The second-order valence-corrected chi connectivity index (χ2v) is 6.55. The third-order valence-corrected chi connectivity index (χ3v) is 4.96. The maximum atomic E-state index is 12.0. The molecule has 0 aromatic carbocycles. The lowest BCUT2D eigenvalue weighted by Gasteiger charge is -2.09. The first kappa shape index (κ1) is 17.3. The van der Waals surface area contributed by atoms with Crippen molar-refractivity contribution in [1.29, 1.82) is 5.26 Å². The molecule has 7 heteroatoms. The second kappa shape index (κ2) is 7.97. The molecule has 0 aliphatic heterocycles. The van der Waals surface area contributed by atoms with Gasteiger partial charge in [0, 0.05) is 12.0 Å². The molecule has 124 valence electrons. The predicted octanol–water partition coefficient (Wildman–Crippen LogP) is 3.00. The van der Waals surface area contributed by atoms with Gasteiger partial charge in [-0.25, -0.2) is 4.79 Å². The Balaban J connectivity index is 2.06. The molecule has 0 atom stereocenters. The molecular formula is C16H20N2O4S. The molecule has 0 spiro atoms. The second-order valence-electron chi connectivity index (χ2n) is 5.50. The summed E-state index contributed by atoms with van der Waals surface area (Å²) in [6.45, 7) is 1.79. The number of thiophene rings is 1. The van der Waals surface area contributed by atoms with Crippen molar-refractivity contribution in [2.45, 2.75) is 45.6 Å². The van der Waals surface area contributed by atoms with E-state index in [0.29, 0.717) is 17.9 Å². The molecule has 0 unspecified atom stereocenters. The SMILES string of the molecule is CCOC(=O)c1sc(N)c(C#N)c1COC(=O)CC1CCCC1. The number of nitriles is 1. The van der Waals surface area contributed by atoms with Crippen LogP contribution in [0, 0.1) is 17.2 Å². The molecule has 0 saturated heterocycles. The summed E-state index contributed by atoms with van der Waals surface area (Å²) < 4.78 is 10.2. The van der Waals surface area contributed by atoms with Crippen LogP contribution in [0.25, 0.3) is 0 Å². The van der Waals surface area contributed by atoms with E-state index in [-0.39, 0.29) is 34.6 Å². The molecule has 1 aliphatic rings. The van der Waals surface area contributed by atoms with Gasteiger partial charge in [0.15, 0.2) is 0 Å². The zero-order valence-corrected chi connectivity index (χ0v) is 13.9. The van der Waals surface area contributed by atoms with Gasteiger partial charge >= 0.3 is 11.9 Å². The normalized spacial score (nSPS) is 14.4. The number of rotatable bonds is 6. The maximum Gasteiger partial charge on any atom is 0.348 e. The highest BCUT2D eigenvalue weighted by Crippen LogP contribution is 2.32. The van der Waals surface area contributed by atoms with Gasteiger partial charge in [-0.2, -0.15) is 5.26 Å². The minimum absolute atomic E-state index is 0.129. The first-order chi connectivity index (χ1) is 11.1. The van der Waals surface area contributed by atoms with Crippen molar-refractivity contribution in [2.24, 2.45) is 5.92 Å². The number of nitrogen functional groups attached to an aromatic ring is 1. The van der Waals surface area contributed by atoms with Crippen LogP contribution in [0.15, 0.2) is 0 Å². The van der Waals surface area contributed by atoms with Crippen LogP contribution >= 0.6 is 11.3 Å². The van der Waals surface area contributed by atoms with Gasteiger partial charge in [0.05, 0.1) is 12.2 Å². The van der Waals surface area contributed by atoms with Crippen LogP contribution in [-0.2, 0) is 20.9 Å². The Kier molecular flexibility index (Phi) is 5.99. The van der Waals surface area contributed by atoms with Gasteiger partial charge in [-0.05, 0) is 25.7 Å². The summed E-state index contributed by atoms with van der Waals surface area (Å²) in [7, 11) is 0. The molecule has 0 bridgehead atoms. The quantitative estimate of drug-likeness (QED) is 0.801.